The largest absolute Gasteiger partial charge is 0.465 e. The van der Waals surface area contributed by atoms with E-state index in [9.17, 15) is 24.9 Å². The average Bonchev–Trinajstić information content (AvgIpc) is 2.55. The van der Waals surface area contributed by atoms with Gasteiger partial charge in [-0.25, -0.2) is 0 Å². The van der Waals surface area contributed by atoms with Crippen molar-refractivity contribution in [3.63, 3.8) is 0 Å². The Kier molecular flexibility index (Phi) is 6.48. The second kappa shape index (κ2) is 7.92. The highest BCUT2D eigenvalue weighted by atomic mass is 16.5. The van der Waals surface area contributed by atoms with Gasteiger partial charge in [0.2, 0.25) is 0 Å². The summed E-state index contributed by atoms with van der Waals surface area (Å²) in [5.74, 6) is -2.98. The zero-order chi connectivity index (χ0) is 18.4. The minimum absolute atomic E-state index is 0.0635. The number of carbonyl (C=O) groups excluding carboxylic acids is 3. The first-order valence-electron chi connectivity index (χ1n) is 8.01. The lowest BCUT2D eigenvalue weighted by atomic mass is 9.54. The van der Waals surface area contributed by atoms with Crippen LogP contribution in [0.2, 0.25) is 0 Å². The van der Waals surface area contributed by atoms with E-state index in [0.29, 0.717) is 6.42 Å². The van der Waals surface area contributed by atoms with E-state index in [0.717, 1.165) is 0 Å². The smallest absolute Gasteiger partial charge is 0.326 e. The molecule has 1 aliphatic carbocycles. The van der Waals surface area contributed by atoms with Gasteiger partial charge in [-0.05, 0) is 40.0 Å². The molecule has 7 nitrogen and oxygen atoms in total. The molecule has 0 aromatic rings. The zero-order valence-electron chi connectivity index (χ0n) is 14.3. The van der Waals surface area contributed by atoms with Gasteiger partial charge in [0.05, 0.1) is 25.4 Å². The monoisotopic (exact) mass is 334 g/mol. The molecule has 7 heteroatoms. The maximum atomic E-state index is 12.5. The molecule has 3 atom stereocenters. The average molecular weight is 334 g/mol. The second-order valence-corrected chi connectivity index (χ2v) is 5.92. The number of hydrogen-bond donors (Lipinski definition) is 0. The van der Waals surface area contributed by atoms with Crippen LogP contribution in [0.25, 0.3) is 0 Å². The van der Waals surface area contributed by atoms with E-state index < -0.39 is 28.7 Å². The minimum Gasteiger partial charge on any atom is -0.465 e. The lowest BCUT2D eigenvalue weighted by Gasteiger charge is -2.44. The van der Waals surface area contributed by atoms with Gasteiger partial charge in [-0.3, -0.25) is 9.59 Å². The van der Waals surface area contributed by atoms with E-state index in [1.165, 1.54) is 6.92 Å². The van der Waals surface area contributed by atoms with Gasteiger partial charge in [-0.2, -0.15) is 10.5 Å². The van der Waals surface area contributed by atoms with Crippen LogP contribution in [-0.2, 0) is 23.9 Å². The number of hydrogen-bond acceptors (Lipinski definition) is 7. The van der Waals surface area contributed by atoms with Crippen LogP contribution in [0.3, 0.4) is 0 Å². The summed E-state index contributed by atoms with van der Waals surface area (Å²) in [5.41, 5.74) is -3.41. The standard InChI is InChI=1S/C17H22N2O5/c1-4-23-14(21)16(10-18)7-6-8-17(11-19,15(22)24-5-2)13(16)9-12(3)20/h13H,4-9H2,1-3H3/t13?,16-,17+. The predicted molar refractivity (Wildman–Crippen MR) is 82.0 cm³/mol. The summed E-state index contributed by atoms with van der Waals surface area (Å²) in [7, 11) is 0. The number of esters is 2. The van der Waals surface area contributed by atoms with Crippen molar-refractivity contribution in [3.8, 4) is 12.1 Å². The van der Waals surface area contributed by atoms with Crippen molar-refractivity contribution in [2.75, 3.05) is 13.2 Å². The molecule has 0 heterocycles. The molecule has 24 heavy (non-hydrogen) atoms. The third-order valence-electron chi connectivity index (χ3n) is 4.50. The van der Waals surface area contributed by atoms with E-state index in [2.05, 4.69) is 0 Å². The van der Waals surface area contributed by atoms with Crippen molar-refractivity contribution in [1.29, 1.82) is 10.5 Å². The molecule has 1 aliphatic rings. The summed E-state index contributed by atoms with van der Waals surface area (Å²) in [6, 6.07) is 3.92. The Morgan fingerprint density at radius 3 is 1.71 bits per heavy atom. The quantitative estimate of drug-likeness (QED) is 0.681. The van der Waals surface area contributed by atoms with E-state index in [1.54, 1.807) is 13.8 Å². The molecule has 130 valence electrons. The molecule has 0 radical (unpaired) electrons. The lowest BCUT2D eigenvalue weighted by molar-refractivity contribution is -0.170. The normalized spacial score (nSPS) is 29.0. The molecule has 0 saturated heterocycles. The Balaban J connectivity index is 3.52. The van der Waals surface area contributed by atoms with Gasteiger partial charge in [0.15, 0.2) is 10.8 Å². The fourth-order valence-corrected chi connectivity index (χ4v) is 3.42. The van der Waals surface area contributed by atoms with Crippen LogP contribution < -0.4 is 0 Å². The van der Waals surface area contributed by atoms with Gasteiger partial charge in [0.1, 0.15) is 5.78 Å². The Hall–Kier alpha value is -2.41. The summed E-state index contributed by atoms with van der Waals surface area (Å²) >= 11 is 0. The highest BCUT2D eigenvalue weighted by molar-refractivity contribution is 5.88. The molecule has 0 bridgehead atoms. The van der Waals surface area contributed by atoms with E-state index in [-0.39, 0.29) is 38.3 Å². The number of nitriles is 2. The Bertz CT molecular complexity index is 559. The molecule has 1 saturated carbocycles. The summed E-state index contributed by atoms with van der Waals surface area (Å²) in [4.78, 5) is 36.8. The van der Waals surface area contributed by atoms with E-state index >= 15 is 0 Å². The SMILES string of the molecule is CCOC(=O)[C@]1(C#N)CCC[C@](C#N)(C(=O)OCC)C1CC(C)=O. The van der Waals surface area contributed by atoms with Gasteiger partial charge in [-0.15, -0.1) is 0 Å². The second-order valence-electron chi connectivity index (χ2n) is 5.92. The third-order valence-corrected chi connectivity index (χ3v) is 4.50. The number of ketones is 1. The molecular formula is C17H22N2O5. The highest BCUT2D eigenvalue weighted by Crippen LogP contribution is 2.54. The molecular weight excluding hydrogens is 312 g/mol. The molecule has 0 aliphatic heterocycles. The fraction of sp³-hybridized carbons (Fsp3) is 0.706. The summed E-state index contributed by atoms with van der Waals surface area (Å²) in [6.45, 7) is 4.64. The number of nitrogens with zero attached hydrogens (tertiary/aromatic N) is 2. The molecule has 0 spiro atoms. The topological polar surface area (TPSA) is 117 Å². The van der Waals surface area contributed by atoms with Gasteiger partial charge in [0.25, 0.3) is 0 Å². The van der Waals surface area contributed by atoms with E-state index in [4.69, 9.17) is 9.47 Å². The fourth-order valence-electron chi connectivity index (χ4n) is 3.42. The summed E-state index contributed by atoms with van der Waals surface area (Å²) in [5, 5.41) is 19.5. The van der Waals surface area contributed by atoms with Crippen molar-refractivity contribution in [1.82, 2.24) is 0 Å². The predicted octanol–water partition coefficient (Wildman–Crippen LogP) is 1.91. The van der Waals surface area contributed by atoms with Crippen LogP contribution in [0, 0.1) is 39.4 Å². The molecule has 1 rings (SSSR count). The molecule has 0 amide bonds. The number of carbonyl (C=O) groups is 3. The lowest BCUT2D eigenvalue weighted by Crippen LogP contribution is -2.54. The van der Waals surface area contributed by atoms with Gasteiger partial charge < -0.3 is 14.3 Å². The van der Waals surface area contributed by atoms with Crippen molar-refractivity contribution in [2.45, 2.75) is 46.5 Å². The minimum atomic E-state index is -1.71. The highest BCUT2D eigenvalue weighted by Gasteiger charge is 2.63. The molecule has 0 aromatic heterocycles. The van der Waals surface area contributed by atoms with Crippen LogP contribution >= 0.6 is 0 Å². The van der Waals surface area contributed by atoms with Crippen LogP contribution in [0.4, 0.5) is 0 Å². The maximum absolute atomic E-state index is 12.5. The van der Waals surface area contributed by atoms with Gasteiger partial charge in [-0.1, -0.05) is 0 Å². The first-order chi connectivity index (χ1) is 11.3. The third kappa shape index (κ3) is 3.26. The van der Waals surface area contributed by atoms with Crippen LogP contribution in [-0.4, -0.2) is 30.9 Å². The molecule has 0 N–H and O–H groups in total. The van der Waals surface area contributed by atoms with E-state index in [1.807, 2.05) is 12.1 Å². The van der Waals surface area contributed by atoms with Gasteiger partial charge >= 0.3 is 11.9 Å². The Labute approximate surface area is 141 Å². The number of rotatable bonds is 6. The van der Waals surface area contributed by atoms with Crippen molar-refractivity contribution in [3.05, 3.63) is 0 Å². The first-order valence-corrected chi connectivity index (χ1v) is 8.01. The Morgan fingerprint density at radius 1 is 1.00 bits per heavy atom. The van der Waals surface area contributed by atoms with Crippen LogP contribution in [0.15, 0.2) is 0 Å². The number of Topliss-reactive ketones (excluding diaryl/α,β-unsaturated/α-hetero) is 1. The van der Waals surface area contributed by atoms with Crippen LogP contribution in [0.5, 0.6) is 0 Å². The zero-order valence-corrected chi connectivity index (χ0v) is 14.3. The first kappa shape index (κ1) is 19.6. The molecule has 1 fully saturated rings. The van der Waals surface area contributed by atoms with Gasteiger partial charge in [0, 0.05) is 12.3 Å². The van der Waals surface area contributed by atoms with Crippen molar-refractivity contribution < 1.29 is 23.9 Å². The summed E-state index contributed by atoms with van der Waals surface area (Å²) < 4.78 is 10.1. The maximum Gasteiger partial charge on any atom is 0.326 e. The number of ether oxygens (including phenoxy) is 2. The van der Waals surface area contributed by atoms with Crippen molar-refractivity contribution >= 4 is 17.7 Å². The van der Waals surface area contributed by atoms with Crippen LogP contribution in [0.1, 0.15) is 46.5 Å². The van der Waals surface area contributed by atoms with Crippen molar-refractivity contribution in [2.24, 2.45) is 16.7 Å². The summed E-state index contributed by atoms with van der Waals surface area (Å²) in [6.07, 6.45) is 0.359. The molecule has 1 unspecified atom stereocenters. The molecule has 0 aromatic carbocycles. The Morgan fingerprint density at radius 2 is 1.42 bits per heavy atom.